The predicted octanol–water partition coefficient (Wildman–Crippen LogP) is 4.20. The van der Waals surface area contributed by atoms with Crippen LogP contribution >= 0.6 is 11.6 Å². The number of aromatic amines is 1. The fourth-order valence-corrected chi connectivity index (χ4v) is 3.87. The summed E-state index contributed by atoms with van der Waals surface area (Å²) in [6, 6.07) is 15.6. The van der Waals surface area contributed by atoms with Gasteiger partial charge in [0.15, 0.2) is 5.78 Å². The number of H-pyrrole nitrogens is 1. The number of ketones is 1. The number of ether oxygens (including phenoxy) is 1. The van der Waals surface area contributed by atoms with Crippen LogP contribution in [0, 0.1) is 0 Å². The minimum Gasteiger partial charge on any atom is -0.497 e. The molecular formula is C23H19ClN2O4. The molecular weight excluding hydrogens is 404 g/mol. The number of carbonyl (C=O) groups is 2. The van der Waals surface area contributed by atoms with Crippen LogP contribution in [0.1, 0.15) is 44.3 Å². The van der Waals surface area contributed by atoms with Crippen molar-refractivity contribution in [3.8, 4) is 5.75 Å². The molecule has 3 aromatic rings. The van der Waals surface area contributed by atoms with Crippen LogP contribution < -0.4 is 15.6 Å². The summed E-state index contributed by atoms with van der Waals surface area (Å²) in [6.07, 6.45) is 0.819. The van der Waals surface area contributed by atoms with E-state index in [9.17, 15) is 14.4 Å². The highest BCUT2D eigenvalue weighted by Crippen LogP contribution is 2.32. The van der Waals surface area contributed by atoms with Gasteiger partial charge in [-0.1, -0.05) is 29.8 Å². The number of methoxy groups -OCH3 is 1. The van der Waals surface area contributed by atoms with Gasteiger partial charge in [-0.15, -0.1) is 0 Å². The topological polar surface area (TPSA) is 88.3 Å². The van der Waals surface area contributed by atoms with Crippen LogP contribution in [0.25, 0.3) is 0 Å². The SMILES string of the molecule is COc1ccc([C@@H]2CC(=O)c3cc(C(=O)Nc4cccc(Cl)c4)c(=O)[nH]c3C2)cc1. The molecule has 0 unspecified atom stereocenters. The zero-order chi connectivity index (χ0) is 21.3. The molecule has 152 valence electrons. The second kappa shape index (κ2) is 8.16. The molecule has 2 aromatic carbocycles. The largest absolute Gasteiger partial charge is 0.497 e. The first kappa shape index (κ1) is 19.9. The molecule has 1 aliphatic carbocycles. The van der Waals surface area contributed by atoms with Crippen LogP contribution in [0.15, 0.2) is 59.4 Å². The summed E-state index contributed by atoms with van der Waals surface area (Å²) in [4.78, 5) is 40.7. The summed E-state index contributed by atoms with van der Waals surface area (Å²) in [5, 5.41) is 3.11. The van der Waals surface area contributed by atoms with Crippen molar-refractivity contribution in [2.24, 2.45) is 0 Å². The Balaban J connectivity index is 1.60. The van der Waals surface area contributed by atoms with E-state index in [-0.39, 0.29) is 17.3 Å². The van der Waals surface area contributed by atoms with Crippen LogP contribution in [0.2, 0.25) is 5.02 Å². The second-order valence-corrected chi connectivity index (χ2v) is 7.61. The van der Waals surface area contributed by atoms with Gasteiger partial charge in [0.2, 0.25) is 0 Å². The Morgan fingerprint density at radius 1 is 1.10 bits per heavy atom. The van der Waals surface area contributed by atoms with Gasteiger partial charge in [0.25, 0.3) is 11.5 Å². The molecule has 6 nitrogen and oxygen atoms in total. The molecule has 0 saturated heterocycles. The highest BCUT2D eigenvalue weighted by Gasteiger charge is 2.29. The number of hydrogen-bond donors (Lipinski definition) is 2. The lowest BCUT2D eigenvalue weighted by molar-refractivity contribution is 0.0963. The van der Waals surface area contributed by atoms with Crippen LogP contribution in [0.4, 0.5) is 5.69 Å². The summed E-state index contributed by atoms with van der Waals surface area (Å²) in [7, 11) is 1.60. The first-order chi connectivity index (χ1) is 14.4. The molecule has 0 aliphatic heterocycles. The Morgan fingerprint density at radius 3 is 2.57 bits per heavy atom. The van der Waals surface area contributed by atoms with E-state index >= 15 is 0 Å². The Kier molecular flexibility index (Phi) is 5.42. The van der Waals surface area contributed by atoms with E-state index < -0.39 is 11.5 Å². The van der Waals surface area contributed by atoms with Crippen molar-refractivity contribution in [3.05, 3.63) is 92.4 Å². The molecule has 7 heteroatoms. The van der Waals surface area contributed by atoms with Gasteiger partial charge in [0.1, 0.15) is 11.3 Å². The smallest absolute Gasteiger partial charge is 0.261 e. The van der Waals surface area contributed by atoms with Gasteiger partial charge in [-0.25, -0.2) is 0 Å². The summed E-state index contributed by atoms with van der Waals surface area (Å²) in [5.74, 6) is -0.000683. The molecule has 0 bridgehead atoms. The fraction of sp³-hybridized carbons (Fsp3) is 0.174. The molecule has 1 aliphatic rings. The monoisotopic (exact) mass is 422 g/mol. The number of rotatable bonds is 4. The normalized spacial score (nSPS) is 15.4. The number of fused-ring (bicyclic) bond motifs is 1. The molecule has 1 amide bonds. The molecule has 0 spiro atoms. The lowest BCUT2D eigenvalue weighted by atomic mass is 9.81. The lowest BCUT2D eigenvalue weighted by Crippen LogP contribution is -2.29. The highest BCUT2D eigenvalue weighted by molar-refractivity contribution is 6.31. The Bertz CT molecular complexity index is 1180. The minimum absolute atomic E-state index is 0.0438. The van der Waals surface area contributed by atoms with Gasteiger partial charge in [-0.05, 0) is 54.3 Å². The van der Waals surface area contributed by atoms with Crippen molar-refractivity contribution in [1.82, 2.24) is 4.98 Å². The number of nitrogens with one attached hydrogen (secondary N) is 2. The minimum atomic E-state index is -0.591. The van der Waals surface area contributed by atoms with Crippen molar-refractivity contribution < 1.29 is 14.3 Å². The highest BCUT2D eigenvalue weighted by atomic mass is 35.5. The average molecular weight is 423 g/mol. The van der Waals surface area contributed by atoms with Gasteiger partial charge in [-0.3, -0.25) is 14.4 Å². The first-order valence-corrected chi connectivity index (χ1v) is 9.82. The van der Waals surface area contributed by atoms with Crippen LogP contribution in [0.5, 0.6) is 5.75 Å². The number of pyridine rings is 1. The number of carbonyl (C=O) groups excluding carboxylic acids is 2. The number of amides is 1. The van der Waals surface area contributed by atoms with E-state index in [0.29, 0.717) is 34.8 Å². The quantitative estimate of drug-likeness (QED) is 0.659. The van der Waals surface area contributed by atoms with Crippen molar-refractivity contribution in [3.63, 3.8) is 0 Å². The van der Waals surface area contributed by atoms with Gasteiger partial charge in [0, 0.05) is 28.4 Å². The molecule has 1 heterocycles. The van der Waals surface area contributed by atoms with E-state index in [1.54, 1.807) is 31.4 Å². The zero-order valence-corrected chi connectivity index (χ0v) is 17.0. The molecule has 2 N–H and O–H groups in total. The van der Waals surface area contributed by atoms with Gasteiger partial charge >= 0.3 is 0 Å². The second-order valence-electron chi connectivity index (χ2n) is 7.17. The first-order valence-electron chi connectivity index (χ1n) is 9.45. The van der Waals surface area contributed by atoms with Crippen molar-refractivity contribution in [2.45, 2.75) is 18.8 Å². The van der Waals surface area contributed by atoms with Crippen LogP contribution in [-0.2, 0) is 6.42 Å². The fourth-order valence-electron chi connectivity index (χ4n) is 3.68. The van der Waals surface area contributed by atoms with Crippen molar-refractivity contribution >= 4 is 29.0 Å². The Labute approximate surface area is 177 Å². The van der Waals surface area contributed by atoms with E-state index in [0.717, 1.165) is 11.3 Å². The van der Waals surface area contributed by atoms with E-state index in [1.807, 2.05) is 24.3 Å². The zero-order valence-electron chi connectivity index (χ0n) is 16.2. The van der Waals surface area contributed by atoms with Crippen molar-refractivity contribution in [1.29, 1.82) is 0 Å². The molecule has 1 atom stereocenters. The third-order valence-electron chi connectivity index (χ3n) is 5.22. The molecule has 1 aromatic heterocycles. The average Bonchev–Trinajstić information content (AvgIpc) is 2.73. The summed E-state index contributed by atoms with van der Waals surface area (Å²) >= 11 is 5.93. The Hall–Kier alpha value is -3.38. The van der Waals surface area contributed by atoms with Crippen molar-refractivity contribution in [2.75, 3.05) is 12.4 Å². The number of halogens is 1. The van der Waals surface area contributed by atoms with Crippen LogP contribution in [0.3, 0.4) is 0 Å². The maximum Gasteiger partial charge on any atom is 0.261 e. The molecule has 30 heavy (non-hydrogen) atoms. The number of Topliss-reactive ketones (excluding diaryl/α,β-unsaturated/α-hetero) is 1. The number of benzene rings is 2. The maximum atomic E-state index is 12.8. The standard InChI is InChI=1S/C23H19ClN2O4/c1-30-17-7-5-13(6-8-17)14-9-20-18(21(27)10-14)12-19(23(29)26-20)22(28)25-16-4-2-3-15(24)11-16/h2-8,11-12,14H,9-10H2,1H3,(H,25,28)(H,26,29)/t14-/m0/s1. The van der Waals surface area contributed by atoms with E-state index in [2.05, 4.69) is 10.3 Å². The number of aromatic nitrogens is 1. The summed E-state index contributed by atoms with van der Waals surface area (Å²) < 4.78 is 5.17. The van der Waals surface area contributed by atoms with Gasteiger partial charge in [0.05, 0.1) is 7.11 Å². The van der Waals surface area contributed by atoms with Crippen LogP contribution in [-0.4, -0.2) is 23.8 Å². The number of hydrogen-bond acceptors (Lipinski definition) is 4. The van der Waals surface area contributed by atoms with Gasteiger partial charge < -0.3 is 15.0 Å². The summed E-state index contributed by atoms with van der Waals surface area (Å²) in [5.41, 5.74) is 1.77. The molecule has 0 fully saturated rings. The third kappa shape index (κ3) is 4.00. The van der Waals surface area contributed by atoms with E-state index in [1.165, 1.54) is 6.07 Å². The lowest BCUT2D eigenvalue weighted by Gasteiger charge is -2.24. The molecule has 4 rings (SSSR count). The number of anilines is 1. The van der Waals surface area contributed by atoms with E-state index in [4.69, 9.17) is 16.3 Å². The summed E-state index contributed by atoms with van der Waals surface area (Å²) in [6.45, 7) is 0. The third-order valence-corrected chi connectivity index (χ3v) is 5.45. The molecule has 0 saturated carbocycles. The maximum absolute atomic E-state index is 12.8. The Morgan fingerprint density at radius 2 is 1.87 bits per heavy atom. The predicted molar refractivity (Wildman–Crippen MR) is 115 cm³/mol. The molecule has 0 radical (unpaired) electrons. The van der Waals surface area contributed by atoms with Gasteiger partial charge in [-0.2, -0.15) is 0 Å².